The highest BCUT2D eigenvalue weighted by Crippen LogP contribution is 2.41. The van der Waals surface area contributed by atoms with Gasteiger partial charge in [0.15, 0.2) is 0 Å². The molecular formula is C48H32N2O. The fourth-order valence-electron chi connectivity index (χ4n) is 8.53. The second-order valence-corrected chi connectivity index (χ2v) is 13.7. The van der Waals surface area contributed by atoms with E-state index in [9.17, 15) is 0 Å². The zero-order valence-electron chi connectivity index (χ0n) is 27.8. The maximum absolute atomic E-state index is 6.19. The van der Waals surface area contributed by atoms with Crippen molar-refractivity contribution in [1.29, 1.82) is 0 Å². The van der Waals surface area contributed by atoms with Crippen LogP contribution in [0.5, 0.6) is 0 Å². The first-order valence-corrected chi connectivity index (χ1v) is 17.7. The zero-order valence-corrected chi connectivity index (χ0v) is 27.8. The van der Waals surface area contributed by atoms with Crippen LogP contribution < -0.4 is 0 Å². The van der Waals surface area contributed by atoms with Gasteiger partial charge in [0, 0.05) is 49.0 Å². The number of furan rings is 1. The van der Waals surface area contributed by atoms with Gasteiger partial charge in [0.25, 0.3) is 0 Å². The summed E-state index contributed by atoms with van der Waals surface area (Å²) in [7, 11) is 0. The van der Waals surface area contributed by atoms with Crippen molar-refractivity contribution in [3.8, 4) is 16.8 Å². The number of aromatic nitrogens is 2. The Labute approximate surface area is 294 Å². The van der Waals surface area contributed by atoms with Gasteiger partial charge in [-0.25, -0.2) is 0 Å². The fraction of sp³-hybridized carbons (Fsp3) is 0.0417. The summed E-state index contributed by atoms with van der Waals surface area (Å²) in [6, 6.07) is 57.5. The molecule has 1 aliphatic carbocycles. The molecule has 51 heavy (non-hydrogen) atoms. The highest BCUT2D eigenvalue weighted by molar-refractivity contribution is 6.13. The molecule has 240 valence electrons. The Morgan fingerprint density at radius 2 is 1.12 bits per heavy atom. The van der Waals surface area contributed by atoms with E-state index in [1.165, 1.54) is 65.9 Å². The first-order chi connectivity index (χ1) is 25.3. The lowest BCUT2D eigenvalue weighted by molar-refractivity contribution is 0.656. The molecule has 0 saturated carbocycles. The molecule has 10 aromatic rings. The third kappa shape index (κ3) is 4.31. The molecule has 0 aliphatic heterocycles. The highest BCUT2D eigenvalue weighted by atomic mass is 16.3. The van der Waals surface area contributed by atoms with Crippen molar-refractivity contribution >= 4 is 71.1 Å². The number of allylic oxidation sites excluding steroid dienone is 4. The van der Waals surface area contributed by atoms with E-state index in [-0.39, 0.29) is 6.04 Å². The highest BCUT2D eigenvalue weighted by Gasteiger charge is 2.21. The van der Waals surface area contributed by atoms with Crippen LogP contribution in [-0.2, 0) is 0 Å². The lowest BCUT2D eigenvalue weighted by Crippen LogP contribution is -2.09. The van der Waals surface area contributed by atoms with Crippen LogP contribution in [0, 0.1) is 0 Å². The van der Waals surface area contributed by atoms with Crippen molar-refractivity contribution in [3.05, 3.63) is 182 Å². The third-order valence-corrected chi connectivity index (χ3v) is 10.9. The number of rotatable bonds is 4. The molecular weight excluding hydrogens is 621 g/mol. The van der Waals surface area contributed by atoms with Crippen LogP contribution in [0.4, 0.5) is 0 Å². The molecule has 3 nitrogen and oxygen atoms in total. The number of fused-ring (bicyclic) bond motifs is 9. The number of hydrogen-bond acceptors (Lipinski definition) is 1. The third-order valence-electron chi connectivity index (χ3n) is 10.9. The Morgan fingerprint density at radius 1 is 0.451 bits per heavy atom. The van der Waals surface area contributed by atoms with E-state index in [0.29, 0.717) is 0 Å². The molecule has 0 spiro atoms. The van der Waals surface area contributed by atoms with E-state index < -0.39 is 0 Å². The predicted octanol–water partition coefficient (Wildman–Crippen LogP) is 13.0. The van der Waals surface area contributed by atoms with Gasteiger partial charge in [-0.1, -0.05) is 121 Å². The maximum Gasteiger partial charge on any atom is 0.135 e. The Balaban J connectivity index is 1.07. The lowest BCUT2D eigenvalue weighted by atomic mass is 9.94. The van der Waals surface area contributed by atoms with Gasteiger partial charge in [-0.2, -0.15) is 0 Å². The van der Waals surface area contributed by atoms with Crippen molar-refractivity contribution in [2.24, 2.45) is 0 Å². The molecule has 1 atom stereocenters. The lowest BCUT2D eigenvalue weighted by Gasteiger charge is -2.22. The molecule has 3 heteroatoms. The summed E-state index contributed by atoms with van der Waals surface area (Å²) in [6.07, 6.45) is 7.80. The van der Waals surface area contributed by atoms with Crippen LogP contribution in [0.3, 0.4) is 0 Å². The number of benzene rings is 7. The van der Waals surface area contributed by atoms with Crippen molar-refractivity contribution < 1.29 is 4.42 Å². The second kappa shape index (κ2) is 11.0. The largest absolute Gasteiger partial charge is 0.456 e. The Bertz CT molecular complexity index is 3060. The minimum Gasteiger partial charge on any atom is -0.456 e. The second-order valence-electron chi connectivity index (χ2n) is 13.7. The van der Waals surface area contributed by atoms with Crippen LogP contribution >= 0.6 is 0 Å². The van der Waals surface area contributed by atoms with Gasteiger partial charge in [-0.05, 0) is 83.3 Å². The van der Waals surface area contributed by atoms with E-state index in [2.05, 4.69) is 173 Å². The normalized spacial score (nSPS) is 14.8. The zero-order chi connectivity index (χ0) is 33.5. The summed E-state index contributed by atoms with van der Waals surface area (Å²) in [6.45, 7) is 0. The van der Waals surface area contributed by atoms with E-state index in [1.807, 2.05) is 12.1 Å². The molecule has 11 rings (SSSR count). The van der Waals surface area contributed by atoms with Crippen molar-refractivity contribution in [1.82, 2.24) is 9.13 Å². The predicted molar refractivity (Wildman–Crippen MR) is 214 cm³/mol. The minimum atomic E-state index is 0.232. The van der Waals surface area contributed by atoms with E-state index in [4.69, 9.17) is 4.42 Å². The quantitative estimate of drug-likeness (QED) is 0.186. The molecule has 0 saturated heterocycles. The minimum absolute atomic E-state index is 0.232. The van der Waals surface area contributed by atoms with Gasteiger partial charge in [0.2, 0.25) is 0 Å². The SMILES string of the molecule is C1=CC(n2c3ccccc3c3cc(-c4ccc5c6ccccc6n(-c6ccc7oc8ccccc8c7c6)c5c4)ccc32)CC(c2ccccc2)=C1. The summed E-state index contributed by atoms with van der Waals surface area (Å²) >= 11 is 0. The first kappa shape index (κ1) is 28.3. The molecule has 0 radical (unpaired) electrons. The molecule has 0 N–H and O–H groups in total. The summed E-state index contributed by atoms with van der Waals surface area (Å²) in [4.78, 5) is 0. The topological polar surface area (TPSA) is 23.0 Å². The van der Waals surface area contributed by atoms with Crippen LogP contribution in [0.2, 0.25) is 0 Å². The monoisotopic (exact) mass is 652 g/mol. The molecule has 3 aromatic heterocycles. The molecule has 0 amide bonds. The van der Waals surface area contributed by atoms with E-state index in [1.54, 1.807) is 0 Å². The molecule has 3 heterocycles. The molecule has 7 aromatic carbocycles. The van der Waals surface area contributed by atoms with Crippen LogP contribution in [0.1, 0.15) is 18.0 Å². The van der Waals surface area contributed by atoms with Crippen molar-refractivity contribution in [2.75, 3.05) is 0 Å². The van der Waals surface area contributed by atoms with Crippen LogP contribution in [0.15, 0.2) is 180 Å². The first-order valence-electron chi connectivity index (χ1n) is 17.7. The van der Waals surface area contributed by atoms with Gasteiger partial charge in [0.1, 0.15) is 11.2 Å². The molecule has 1 aliphatic rings. The summed E-state index contributed by atoms with van der Waals surface area (Å²) < 4.78 is 11.1. The number of hydrogen-bond donors (Lipinski definition) is 0. The summed E-state index contributed by atoms with van der Waals surface area (Å²) in [5.74, 6) is 0. The number of para-hydroxylation sites is 3. The van der Waals surface area contributed by atoms with Gasteiger partial charge >= 0.3 is 0 Å². The Kier molecular flexibility index (Phi) is 6.08. The van der Waals surface area contributed by atoms with Gasteiger partial charge in [-0.15, -0.1) is 0 Å². The summed E-state index contributed by atoms with van der Waals surface area (Å²) in [5.41, 5.74) is 12.9. The van der Waals surface area contributed by atoms with Crippen LogP contribution in [-0.4, -0.2) is 9.13 Å². The smallest absolute Gasteiger partial charge is 0.135 e. The Morgan fingerprint density at radius 3 is 2.00 bits per heavy atom. The fourth-order valence-corrected chi connectivity index (χ4v) is 8.53. The van der Waals surface area contributed by atoms with Gasteiger partial charge in [0.05, 0.1) is 17.1 Å². The van der Waals surface area contributed by atoms with Crippen molar-refractivity contribution in [3.63, 3.8) is 0 Å². The van der Waals surface area contributed by atoms with Gasteiger partial charge < -0.3 is 13.6 Å². The molecule has 0 bridgehead atoms. The molecule has 1 unspecified atom stereocenters. The summed E-state index contributed by atoms with van der Waals surface area (Å²) in [5, 5.41) is 7.33. The van der Waals surface area contributed by atoms with Crippen molar-refractivity contribution in [2.45, 2.75) is 12.5 Å². The standard InChI is InChI=1S/C48H32N2O/c1-2-11-31(12-3-1)32-13-10-14-35(27-32)49-44-19-8-5-16-38(44)41-28-33(22-25-45(41)49)34-21-24-39-37-15-4-7-18-43(37)50(46(39)29-34)36-23-26-48-42(30-36)40-17-6-9-20-47(40)51-48/h1-26,28-30,35H,27H2. The van der Waals surface area contributed by atoms with E-state index in [0.717, 1.165) is 34.0 Å². The van der Waals surface area contributed by atoms with Crippen LogP contribution in [0.25, 0.3) is 87.9 Å². The Hall–Kier alpha value is -6.58. The maximum atomic E-state index is 6.19. The number of nitrogens with zero attached hydrogens (tertiary/aromatic N) is 2. The average Bonchev–Trinajstić information content (AvgIpc) is 3.85. The average molecular weight is 653 g/mol. The van der Waals surface area contributed by atoms with Gasteiger partial charge in [-0.3, -0.25) is 0 Å². The van der Waals surface area contributed by atoms with E-state index >= 15 is 0 Å². The molecule has 0 fully saturated rings.